The van der Waals surface area contributed by atoms with Crippen molar-refractivity contribution in [2.24, 2.45) is 5.92 Å². The van der Waals surface area contributed by atoms with Crippen LogP contribution in [0.5, 0.6) is 0 Å². The number of nitrogens with one attached hydrogen (secondary N) is 1. The van der Waals surface area contributed by atoms with Crippen molar-refractivity contribution in [2.45, 2.75) is 25.5 Å². The lowest BCUT2D eigenvalue weighted by Gasteiger charge is -2.31. The van der Waals surface area contributed by atoms with Crippen LogP contribution in [0.4, 0.5) is 0 Å². The number of hydrogen-bond donors (Lipinski definition) is 1. The van der Waals surface area contributed by atoms with Gasteiger partial charge in [0.15, 0.2) is 0 Å². The van der Waals surface area contributed by atoms with Gasteiger partial charge in [-0.25, -0.2) is 13.1 Å². The molecule has 1 aromatic heterocycles. The van der Waals surface area contributed by atoms with Crippen LogP contribution >= 0.6 is 0 Å². The number of hydrogen-bond acceptors (Lipinski definition) is 4. The van der Waals surface area contributed by atoms with Gasteiger partial charge in [0.2, 0.25) is 15.9 Å². The van der Waals surface area contributed by atoms with E-state index < -0.39 is 10.0 Å². The van der Waals surface area contributed by atoms with Crippen molar-refractivity contribution in [3.63, 3.8) is 0 Å². The first-order valence-corrected chi connectivity index (χ1v) is 11.1. The van der Waals surface area contributed by atoms with Crippen LogP contribution < -0.4 is 4.72 Å². The predicted molar refractivity (Wildman–Crippen MR) is 109 cm³/mol. The molecule has 0 unspecified atom stereocenters. The maximum absolute atomic E-state index is 12.3. The molecule has 1 aromatic carbocycles. The van der Waals surface area contributed by atoms with Gasteiger partial charge in [-0.1, -0.05) is 29.8 Å². The van der Waals surface area contributed by atoms with E-state index in [1.165, 1.54) is 6.08 Å². The topological polar surface area (TPSA) is 79.6 Å². The van der Waals surface area contributed by atoms with E-state index >= 15 is 0 Å². The Bertz CT molecular complexity index is 912. The van der Waals surface area contributed by atoms with E-state index in [2.05, 4.69) is 4.72 Å². The number of likely N-dealkylation sites (tertiary alicyclic amines) is 1. The van der Waals surface area contributed by atoms with Gasteiger partial charge in [-0.05, 0) is 49.5 Å². The van der Waals surface area contributed by atoms with Crippen LogP contribution in [0.1, 0.15) is 29.7 Å². The van der Waals surface area contributed by atoms with Crippen molar-refractivity contribution in [3.8, 4) is 0 Å². The summed E-state index contributed by atoms with van der Waals surface area (Å²) >= 11 is 0. The summed E-state index contributed by atoms with van der Waals surface area (Å²) in [6, 6.07) is 11.1. The number of aryl methyl sites for hydroxylation is 1. The number of benzene rings is 1. The summed E-state index contributed by atoms with van der Waals surface area (Å²) in [7, 11) is -3.37. The molecule has 3 rings (SSSR count). The molecule has 2 heterocycles. The highest BCUT2D eigenvalue weighted by Gasteiger charge is 2.23. The summed E-state index contributed by atoms with van der Waals surface area (Å²) < 4.78 is 32.6. The Kier molecular flexibility index (Phi) is 6.70. The molecule has 28 heavy (non-hydrogen) atoms. The van der Waals surface area contributed by atoms with Gasteiger partial charge in [0.25, 0.3) is 0 Å². The molecule has 1 aliphatic heterocycles. The number of amides is 1. The first-order chi connectivity index (χ1) is 13.4. The first kappa shape index (κ1) is 20.4. The summed E-state index contributed by atoms with van der Waals surface area (Å²) in [5, 5.41) is 0. The molecule has 0 radical (unpaired) electrons. The molecule has 0 saturated carbocycles. The summed E-state index contributed by atoms with van der Waals surface area (Å²) in [6.07, 6.45) is 6.31. The molecule has 0 bridgehead atoms. The number of sulfonamides is 1. The maximum atomic E-state index is 12.3. The second-order valence-electron chi connectivity index (χ2n) is 7.21. The summed E-state index contributed by atoms with van der Waals surface area (Å²) in [6.45, 7) is 3.62. The Morgan fingerprint density at radius 3 is 2.71 bits per heavy atom. The molecule has 1 saturated heterocycles. The minimum absolute atomic E-state index is 0.0103. The quantitative estimate of drug-likeness (QED) is 0.722. The van der Waals surface area contributed by atoms with Crippen molar-refractivity contribution in [1.29, 1.82) is 0 Å². The van der Waals surface area contributed by atoms with Gasteiger partial charge in [0.1, 0.15) is 5.76 Å². The molecule has 0 aliphatic carbocycles. The van der Waals surface area contributed by atoms with Gasteiger partial charge in [-0.3, -0.25) is 4.79 Å². The van der Waals surface area contributed by atoms with Crippen LogP contribution in [-0.2, 0) is 20.6 Å². The molecule has 0 spiro atoms. The second-order valence-corrected chi connectivity index (χ2v) is 9.02. The van der Waals surface area contributed by atoms with Gasteiger partial charge in [-0.2, -0.15) is 0 Å². The van der Waals surface area contributed by atoms with E-state index in [0.717, 1.165) is 24.0 Å². The minimum Gasteiger partial charge on any atom is -0.465 e. The van der Waals surface area contributed by atoms with E-state index in [1.807, 2.05) is 31.2 Å². The molecule has 1 fully saturated rings. The van der Waals surface area contributed by atoms with Gasteiger partial charge in [-0.15, -0.1) is 0 Å². The Morgan fingerprint density at radius 1 is 1.25 bits per heavy atom. The van der Waals surface area contributed by atoms with E-state index in [4.69, 9.17) is 4.42 Å². The average Bonchev–Trinajstić information content (AvgIpc) is 3.18. The molecule has 1 aliphatic rings. The number of carbonyl (C=O) groups is 1. The van der Waals surface area contributed by atoms with Crippen LogP contribution in [0.25, 0.3) is 6.08 Å². The van der Waals surface area contributed by atoms with E-state index in [9.17, 15) is 13.2 Å². The first-order valence-electron chi connectivity index (χ1n) is 9.45. The van der Waals surface area contributed by atoms with Crippen molar-refractivity contribution in [2.75, 3.05) is 19.6 Å². The third-order valence-electron chi connectivity index (χ3n) is 4.89. The molecule has 150 valence electrons. The standard InChI is InChI=1S/C21H26N2O4S/c1-17-4-2-5-19(14-17)16-28(25,26)22-15-18-9-11-23(12-10-18)21(24)8-7-20-6-3-13-27-20/h2-8,13-14,18,22H,9-12,15-16H2,1H3/b8-7+. The Balaban J connectivity index is 1.43. The fourth-order valence-electron chi connectivity index (χ4n) is 3.32. The number of rotatable bonds is 7. The molecule has 0 atom stereocenters. The lowest BCUT2D eigenvalue weighted by molar-refractivity contribution is -0.127. The summed E-state index contributed by atoms with van der Waals surface area (Å²) in [5.41, 5.74) is 1.84. The van der Waals surface area contributed by atoms with Crippen molar-refractivity contribution < 1.29 is 17.6 Å². The van der Waals surface area contributed by atoms with Crippen LogP contribution in [0.15, 0.2) is 53.2 Å². The number of carbonyl (C=O) groups excluding carboxylic acids is 1. The van der Waals surface area contributed by atoms with E-state index in [-0.39, 0.29) is 17.6 Å². The molecule has 1 amide bonds. The summed E-state index contributed by atoms with van der Waals surface area (Å²) in [5.74, 6) is 0.829. The van der Waals surface area contributed by atoms with Gasteiger partial charge < -0.3 is 9.32 Å². The molecule has 7 heteroatoms. The molecular formula is C21H26N2O4S. The van der Waals surface area contributed by atoms with Gasteiger partial charge >= 0.3 is 0 Å². The summed E-state index contributed by atoms with van der Waals surface area (Å²) in [4.78, 5) is 14.0. The fraction of sp³-hybridized carbons (Fsp3) is 0.381. The molecule has 2 aromatic rings. The highest BCUT2D eigenvalue weighted by atomic mass is 32.2. The zero-order valence-corrected chi connectivity index (χ0v) is 16.8. The van der Waals surface area contributed by atoms with Gasteiger partial charge in [0, 0.05) is 25.7 Å². The Hall–Kier alpha value is -2.38. The SMILES string of the molecule is Cc1cccc(CS(=O)(=O)NCC2CCN(C(=O)/C=C/c3ccco3)CC2)c1. The largest absolute Gasteiger partial charge is 0.465 e. The lowest BCUT2D eigenvalue weighted by atomic mass is 9.97. The van der Waals surface area contributed by atoms with Crippen molar-refractivity contribution in [1.82, 2.24) is 9.62 Å². The third-order valence-corrected chi connectivity index (χ3v) is 6.21. The molecule has 1 N–H and O–H groups in total. The highest BCUT2D eigenvalue weighted by molar-refractivity contribution is 7.88. The Labute approximate surface area is 166 Å². The highest BCUT2D eigenvalue weighted by Crippen LogP contribution is 2.18. The predicted octanol–water partition coefficient (Wildman–Crippen LogP) is 2.96. The van der Waals surface area contributed by atoms with Crippen molar-refractivity contribution in [3.05, 3.63) is 65.6 Å². The smallest absolute Gasteiger partial charge is 0.246 e. The number of nitrogens with zero attached hydrogens (tertiary/aromatic N) is 1. The van der Waals surface area contributed by atoms with Crippen LogP contribution in [0.2, 0.25) is 0 Å². The van der Waals surface area contributed by atoms with E-state index in [1.54, 1.807) is 29.4 Å². The van der Waals surface area contributed by atoms with Crippen LogP contribution in [0.3, 0.4) is 0 Å². The van der Waals surface area contributed by atoms with Crippen LogP contribution in [-0.4, -0.2) is 38.9 Å². The van der Waals surface area contributed by atoms with Crippen molar-refractivity contribution >= 4 is 22.0 Å². The molecule has 6 nitrogen and oxygen atoms in total. The lowest BCUT2D eigenvalue weighted by Crippen LogP contribution is -2.41. The van der Waals surface area contributed by atoms with Gasteiger partial charge in [0.05, 0.1) is 12.0 Å². The molecular weight excluding hydrogens is 376 g/mol. The zero-order chi connectivity index (χ0) is 20.0. The minimum atomic E-state index is -3.37. The average molecular weight is 403 g/mol. The zero-order valence-electron chi connectivity index (χ0n) is 16.0. The maximum Gasteiger partial charge on any atom is 0.246 e. The Morgan fingerprint density at radius 2 is 2.04 bits per heavy atom. The normalized spacial score (nSPS) is 16.0. The number of furan rings is 1. The van der Waals surface area contributed by atoms with E-state index in [0.29, 0.717) is 25.4 Å². The monoisotopic (exact) mass is 402 g/mol. The second kappa shape index (κ2) is 9.21. The fourth-order valence-corrected chi connectivity index (χ4v) is 4.53. The van der Waals surface area contributed by atoms with Crippen LogP contribution in [0, 0.1) is 12.8 Å². The third kappa shape index (κ3) is 6.07. The number of piperidine rings is 1.